The quantitative estimate of drug-likeness (QED) is 0.439. The monoisotopic (exact) mass is 297 g/mol. The molecule has 0 radical (unpaired) electrons. The molecule has 0 saturated heterocycles. The van der Waals surface area contributed by atoms with Gasteiger partial charge >= 0.3 is 0 Å². The zero-order chi connectivity index (χ0) is 15.5. The minimum atomic E-state index is -0.418. The number of allylic oxidation sites excluding steroid dienone is 2. The molecule has 3 aliphatic carbocycles. The van der Waals surface area contributed by atoms with Gasteiger partial charge < -0.3 is 10.3 Å². The van der Waals surface area contributed by atoms with Gasteiger partial charge in [-0.15, -0.1) is 0 Å². The molecule has 22 heavy (non-hydrogen) atoms. The summed E-state index contributed by atoms with van der Waals surface area (Å²) in [6, 6.07) is 5.61. The topological polar surface area (TPSA) is 69.9 Å². The van der Waals surface area contributed by atoms with Crippen LogP contribution in [0.15, 0.2) is 35.0 Å². The highest BCUT2D eigenvalue weighted by Gasteiger charge is 2.55. The van der Waals surface area contributed by atoms with E-state index in [-0.39, 0.29) is 11.7 Å². The highest BCUT2D eigenvalue weighted by molar-refractivity contribution is 6.43. The number of phenols is 1. The molecule has 0 bridgehead atoms. The van der Waals surface area contributed by atoms with Crippen molar-refractivity contribution in [1.29, 1.82) is 0 Å². The summed E-state index contributed by atoms with van der Waals surface area (Å²) in [5.41, 5.74) is 3.68. The SMILES string of the molecule is CC12CCC3C(=CCc4cc(O)ccc43)C1CC(=NO)C2=O. The van der Waals surface area contributed by atoms with Crippen LogP contribution in [-0.2, 0) is 11.2 Å². The molecule has 0 heterocycles. The van der Waals surface area contributed by atoms with Gasteiger partial charge in [-0.2, -0.15) is 0 Å². The molecule has 3 unspecified atom stereocenters. The number of benzene rings is 1. The molecule has 4 heteroatoms. The fourth-order valence-electron chi connectivity index (χ4n) is 4.67. The van der Waals surface area contributed by atoms with E-state index in [1.165, 1.54) is 16.7 Å². The zero-order valence-electron chi connectivity index (χ0n) is 12.5. The van der Waals surface area contributed by atoms with Crippen LogP contribution in [0.1, 0.15) is 43.2 Å². The molecular weight excluding hydrogens is 278 g/mol. The molecule has 4 rings (SSSR count). The van der Waals surface area contributed by atoms with Crippen molar-refractivity contribution in [2.45, 2.75) is 38.5 Å². The number of phenolic OH excluding ortho intramolecular Hbond substituents is 1. The van der Waals surface area contributed by atoms with E-state index in [9.17, 15) is 9.90 Å². The number of carbonyl (C=O) groups excluding carboxylic acids is 1. The second kappa shape index (κ2) is 4.45. The molecule has 1 aromatic rings. The highest BCUT2D eigenvalue weighted by Crippen LogP contribution is 2.57. The fourth-order valence-corrected chi connectivity index (χ4v) is 4.67. The second-order valence-electron chi connectivity index (χ2n) is 6.93. The number of rotatable bonds is 0. The lowest BCUT2D eigenvalue weighted by Gasteiger charge is -2.43. The molecule has 2 N–H and O–H groups in total. The Morgan fingerprint density at radius 1 is 1.36 bits per heavy atom. The molecule has 0 aromatic heterocycles. The number of hydrogen-bond donors (Lipinski definition) is 2. The molecule has 0 aliphatic heterocycles. The third-order valence-corrected chi connectivity index (χ3v) is 5.88. The number of Topliss-reactive ketones (excluding diaryl/α,β-unsaturated/α-hetero) is 1. The van der Waals surface area contributed by atoms with Crippen LogP contribution in [0.3, 0.4) is 0 Å². The minimum Gasteiger partial charge on any atom is -0.508 e. The van der Waals surface area contributed by atoms with Crippen molar-refractivity contribution in [3.63, 3.8) is 0 Å². The van der Waals surface area contributed by atoms with Crippen molar-refractivity contribution in [2.75, 3.05) is 0 Å². The van der Waals surface area contributed by atoms with E-state index in [1.807, 2.05) is 19.1 Å². The van der Waals surface area contributed by atoms with Crippen LogP contribution < -0.4 is 0 Å². The first-order valence-corrected chi connectivity index (χ1v) is 7.82. The molecule has 2 saturated carbocycles. The normalized spacial score (nSPS) is 34.9. The van der Waals surface area contributed by atoms with Crippen molar-refractivity contribution in [2.24, 2.45) is 16.5 Å². The summed E-state index contributed by atoms with van der Waals surface area (Å²) >= 11 is 0. The van der Waals surface area contributed by atoms with Gasteiger partial charge in [-0.3, -0.25) is 4.79 Å². The number of aromatic hydroxyl groups is 1. The van der Waals surface area contributed by atoms with Crippen molar-refractivity contribution >= 4 is 11.5 Å². The first kappa shape index (κ1) is 13.6. The summed E-state index contributed by atoms with van der Waals surface area (Å²) in [6.07, 6.45) is 5.31. The second-order valence-corrected chi connectivity index (χ2v) is 6.93. The maximum absolute atomic E-state index is 12.5. The zero-order valence-corrected chi connectivity index (χ0v) is 12.5. The Morgan fingerprint density at radius 2 is 2.18 bits per heavy atom. The predicted molar refractivity (Wildman–Crippen MR) is 82.3 cm³/mol. The molecule has 0 amide bonds. The van der Waals surface area contributed by atoms with Gasteiger partial charge in [0, 0.05) is 17.8 Å². The summed E-state index contributed by atoms with van der Waals surface area (Å²) in [5.74, 6) is 0.790. The lowest BCUT2D eigenvalue weighted by atomic mass is 9.60. The Kier molecular flexibility index (Phi) is 2.74. The van der Waals surface area contributed by atoms with E-state index in [2.05, 4.69) is 11.2 Å². The van der Waals surface area contributed by atoms with Crippen LogP contribution >= 0.6 is 0 Å². The molecule has 1 aromatic carbocycles. The van der Waals surface area contributed by atoms with Crippen LogP contribution in [0, 0.1) is 11.3 Å². The van der Waals surface area contributed by atoms with E-state index in [4.69, 9.17) is 5.21 Å². The largest absolute Gasteiger partial charge is 0.508 e. The number of fused-ring (bicyclic) bond motifs is 5. The molecule has 4 nitrogen and oxygen atoms in total. The van der Waals surface area contributed by atoms with E-state index in [0.29, 0.717) is 23.8 Å². The molecule has 0 spiro atoms. The Hall–Kier alpha value is -2.10. The van der Waals surface area contributed by atoms with Crippen LogP contribution in [0.4, 0.5) is 0 Å². The fraction of sp³-hybridized carbons (Fsp3) is 0.444. The van der Waals surface area contributed by atoms with Crippen molar-refractivity contribution in [3.05, 3.63) is 41.0 Å². The first-order chi connectivity index (χ1) is 10.5. The minimum absolute atomic E-state index is 0.0100. The first-order valence-electron chi connectivity index (χ1n) is 7.82. The number of carbonyl (C=O) groups is 1. The molecular formula is C18H19NO3. The van der Waals surface area contributed by atoms with Gasteiger partial charge in [-0.25, -0.2) is 0 Å². The Morgan fingerprint density at radius 3 is 2.95 bits per heavy atom. The lowest BCUT2D eigenvalue weighted by Crippen LogP contribution is -2.37. The number of ketones is 1. The van der Waals surface area contributed by atoms with Gasteiger partial charge in [0.2, 0.25) is 0 Å². The van der Waals surface area contributed by atoms with Gasteiger partial charge in [0.15, 0.2) is 5.78 Å². The Labute approximate surface area is 129 Å². The third-order valence-electron chi connectivity index (χ3n) is 5.88. The summed E-state index contributed by atoms with van der Waals surface area (Å²) in [4.78, 5) is 12.5. The van der Waals surface area contributed by atoms with Crippen molar-refractivity contribution in [3.8, 4) is 5.75 Å². The maximum atomic E-state index is 12.5. The predicted octanol–water partition coefficient (Wildman–Crippen LogP) is 3.18. The van der Waals surface area contributed by atoms with E-state index >= 15 is 0 Å². The average Bonchev–Trinajstić information content (AvgIpc) is 2.78. The van der Waals surface area contributed by atoms with Crippen LogP contribution in [0.25, 0.3) is 0 Å². The number of hydrogen-bond acceptors (Lipinski definition) is 4. The maximum Gasteiger partial charge on any atom is 0.186 e. The number of oxime groups is 1. The number of nitrogens with zero attached hydrogens (tertiary/aromatic N) is 1. The Bertz CT molecular complexity index is 734. The third kappa shape index (κ3) is 1.64. The van der Waals surface area contributed by atoms with E-state index < -0.39 is 5.41 Å². The van der Waals surface area contributed by atoms with Gasteiger partial charge in [0.1, 0.15) is 11.5 Å². The van der Waals surface area contributed by atoms with Crippen LogP contribution in [-0.4, -0.2) is 21.8 Å². The standard InChI is InChI=1S/C18H19NO3/c1-18-7-6-13-12-5-3-11(20)8-10(12)2-4-14(13)15(18)9-16(19-22)17(18)21/h3-5,8,13,15,20,22H,2,6-7,9H2,1H3. The molecule has 2 fully saturated rings. The average molecular weight is 297 g/mol. The van der Waals surface area contributed by atoms with Crippen molar-refractivity contribution in [1.82, 2.24) is 0 Å². The Balaban J connectivity index is 1.78. The molecule has 3 aliphatic rings. The summed E-state index contributed by atoms with van der Waals surface area (Å²) < 4.78 is 0. The highest BCUT2D eigenvalue weighted by atomic mass is 16.4. The van der Waals surface area contributed by atoms with Crippen molar-refractivity contribution < 1.29 is 15.1 Å². The molecule has 114 valence electrons. The van der Waals surface area contributed by atoms with Crippen LogP contribution in [0.2, 0.25) is 0 Å². The van der Waals surface area contributed by atoms with Gasteiger partial charge in [0.05, 0.1) is 0 Å². The van der Waals surface area contributed by atoms with Gasteiger partial charge in [-0.05, 0) is 48.4 Å². The summed E-state index contributed by atoms with van der Waals surface area (Å²) in [6.45, 7) is 2.02. The summed E-state index contributed by atoms with van der Waals surface area (Å²) in [5, 5.41) is 22.0. The van der Waals surface area contributed by atoms with Gasteiger partial charge in [-0.1, -0.05) is 29.8 Å². The van der Waals surface area contributed by atoms with E-state index in [0.717, 1.165) is 19.3 Å². The van der Waals surface area contributed by atoms with Gasteiger partial charge in [0.25, 0.3) is 0 Å². The summed E-state index contributed by atoms with van der Waals surface area (Å²) in [7, 11) is 0. The molecule has 3 atom stereocenters. The lowest BCUT2D eigenvalue weighted by molar-refractivity contribution is -0.122. The smallest absolute Gasteiger partial charge is 0.186 e. The van der Waals surface area contributed by atoms with E-state index in [1.54, 1.807) is 6.07 Å². The van der Waals surface area contributed by atoms with Crippen LogP contribution in [0.5, 0.6) is 5.75 Å².